The molecule has 3 N–H and O–H groups in total. The Labute approximate surface area is 121 Å². The fourth-order valence-electron chi connectivity index (χ4n) is 1.69. The number of hydrogen-bond acceptors (Lipinski definition) is 3. The van der Waals surface area contributed by atoms with Crippen molar-refractivity contribution in [3.05, 3.63) is 51.2 Å². The Balaban J connectivity index is 2.21. The summed E-state index contributed by atoms with van der Waals surface area (Å²) in [6, 6.07) is 11.9. The molecule has 1 aromatic carbocycles. The van der Waals surface area contributed by atoms with Crippen molar-refractivity contribution in [2.24, 2.45) is 5.73 Å². The fraction of sp³-hybridized carbons (Fsp3) is 0.154. The number of thiophene rings is 1. The lowest BCUT2D eigenvalue weighted by atomic mass is 10.1. The van der Waals surface area contributed by atoms with Crippen molar-refractivity contribution in [3.63, 3.8) is 0 Å². The summed E-state index contributed by atoms with van der Waals surface area (Å²) in [4.78, 5) is 1.58. The van der Waals surface area contributed by atoms with Gasteiger partial charge in [0.25, 0.3) is 0 Å². The van der Waals surface area contributed by atoms with Crippen LogP contribution in [0, 0.1) is 0 Å². The Kier molecular flexibility index (Phi) is 4.22. The average molecular weight is 297 g/mol. The summed E-state index contributed by atoms with van der Waals surface area (Å²) in [5.41, 5.74) is 7.52. The normalized spacial score (nSPS) is 12.1. The van der Waals surface area contributed by atoms with E-state index in [2.05, 4.69) is 12.2 Å². The monoisotopic (exact) mass is 296 g/mol. The van der Waals surface area contributed by atoms with Crippen LogP contribution in [0.5, 0.6) is 0 Å². The van der Waals surface area contributed by atoms with Crippen molar-refractivity contribution in [1.29, 1.82) is 0 Å². The number of benzene rings is 1. The van der Waals surface area contributed by atoms with Gasteiger partial charge in [-0.05, 0) is 31.2 Å². The molecule has 94 valence electrons. The van der Waals surface area contributed by atoms with Gasteiger partial charge in [-0.25, -0.2) is 0 Å². The molecule has 0 spiro atoms. The van der Waals surface area contributed by atoms with E-state index in [0.29, 0.717) is 4.99 Å². The molecule has 5 heteroatoms. The topological polar surface area (TPSA) is 38.0 Å². The van der Waals surface area contributed by atoms with Gasteiger partial charge in [-0.2, -0.15) is 0 Å². The number of nitrogens with one attached hydrogen (secondary N) is 1. The SMILES string of the molecule is CC(Nc1ccccc1C(N)=S)c1ccc(Cl)s1. The van der Waals surface area contributed by atoms with Crippen LogP contribution in [0.15, 0.2) is 36.4 Å². The summed E-state index contributed by atoms with van der Waals surface area (Å²) in [6.45, 7) is 2.08. The number of nitrogens with two attached hydrogens (primary N) is 1. The van der Waals surface area contributed by atoms with E-state index in [-0.39, 0.29) is 6.04 Å². The molecule has 0 aliphatic rings. The third-order valence-electron chi connectivity index (χ3n) is 2.59. The zero-order valence-electron chi connectivity index (χ0n) is 9.81. The molecular formula is C13H13ClN2S2. The third kappa shape index (κ3) is 3.02. The first-order valence-corrected chi connectivity index (χ1v) is 7.09. The van der Waals surface area contributed by atoms with Gasteiger partial charge < -0.3 is 11.1 Å². The van der Waals surface area contributed by atoms with E-state index in [9.17, 15) is 0 Å². The van der Waals surface area contributed by atoms with Gasteiger partial charge in [0.2, 0.25) is 0 Å². The number of rotatable bonds is 4. The highest BCUT2D eigenvalue weighted by atomic mass is 35.5. The average Bonchev–Trinajstić information content (AvgIpc) is 2.76. The molecule has 0 radical (unpaired) electrons. The number of thiocarbonyl (C=S) groups is 1. The zero-order valence-corrected chi connectivity index (χ0v) is 12.2. The van der Waals surface area contributed by atoms with E-state index in [1.807, 2.05) is 36.4 Å². The first kappa shape index (κ1) is 13.3. The number of para-hydroxylation sites is 1. The highest BCUT2D eigenvalue weighted by Crippen LogP contribution is 2.29. The standard InChI is InChI=1S/C13H13ClN2S2/c1-8(11-6-7-12(14)18-11)16-10-5-3-2-4-9(10)13(15)17/h2-8,16H,1H3,(H2,15,17). The summed E-state index contributed by atoms with van der Waals surface area (Å²) >= 11 is 12.5. The van der Waals surface area contributed by atoms with Gasteiger partial charge >= 0.3 is 0 Å². The van der Waals surface area contributed by atoms with Crippen LogP contribution in [0.4, 0.5) is 5.69 Å². The molecule has 0 fully saturated rings. The zero-order chi connectivity index (χ0) is 13.1. The second-order valence-corrected chi connectivity index (χ2v) is 6.10. The van der Waals surface area contributed by atoms with E-state index in [4.69, 9.17) is 29.6 Å². The van der Waals surface area contributed by atoms with Crippen LogP contribution in [0.2, 0.25) is 4.34 Å². The molecule has 2 aromatic rings. The number of hydrogen-bond donors (Lipinski definition) is 2. The molecular weight excluding hydrogens is 284 g/mol. The van der Waals surface area contributed by atoms with Gasteiger partial charge in [0, 0.05) is 16.1 Å². The first-order chi connectivity index (χ1) is 8.58. The van der Waals surface area contributed by atoms with Gasteiger partial charge in [0.1, 0.15) is 4.99 Å². The molecule has 1 heterocycles. The van der Waals surface area contributed by atoms with Crippen molar-refractivity contribution in [3.8, 4) is 0 Å². The van der Waals surface area contributed by atoms with Crippen LogP contribution in [-0.4, -0.2) is 4.99 Å². The molecule has 1 aromatic heterocycles. The molecule has 0 saturated carbocycles. The summed E-state index contributed by atoms with van der Waals surface area (Å²) in [5.74, 6) is 0. The lowest BCUT2D eigenvalue weighted by Crippen LogP contribution is -2.14. The Morgan fingerprint density at radius 1 is 1.33 bits per heavy atom. The van der Waals surface area contributed by atoms with Crippen molar-refractivity contribution >= 4 is 45.8 Å². The minimum absolute atomic E-state index is 0.165. The lowest BCUT2D eigenvalue weighted by molar-refractivity contribution is 0.907. The largest absolute Gasteiger partial charge is 0.389 e. The smallest absolute Gasteiger partial charge is 0.106 e. The predicted molar refractivity (Wildman–Crippen MR) is 83.7 cm³/mol. The van der Waals surface area contributed by atoms with Crippen LogP contribution in [-0.2, 0) is 0 Å². The minimum atomic E-state index is 0.165. The van der Waals surface area contributed by atoms with Crippen LogP contribution in [0.1, 0.15) is 23.4 Å². The van der Waals surface area contributed by atoms with Crippen LogP contribution >= 0.6 is 35.2 Å². The summed E-state index contributed by atoms with van der Waals surface area (Å²) in [5, 5.41) is 3.41. The first-order valence-electron chi connectivity index (χ1n) is 5.48. The quantitative estimate of drug-likeness (QED) is 0.830. The number of halogens is 1. The molecule has 1 unspecified atom stereocenters. The minimum Gasteiger partial charge on any atom is -0.389 e. The summed E-state index contributed by atoms with van der Waals surface area (Å²) in [7, 11) is 0. The van der Waals surface area contributed by atoms with E-state index in [0.717, 1.165) is 15.6 Å². The Hall–Kier alpha value is -1.10. The van der Waals surface area contributed by atoms with Crippen molar-refractivity contribution in [2.45, 2.75) is 13.0 Å². The van der Waals surface area contributed by atoms with Gasteiger partial charge in [-0.1, -0.05) is 36.0 Å². The summed E-state index contributed by atoms with van der Waals surface area (Å²) < 4.78 is 0.793. The van der Waals surface area contributed by atoms with E-state index < -0.39 is 0 Å². The van der Waals surface area contributed by atoms with Gasteiger partial charge in [-0.15, -0.1) is 11.3 Å². The Morgan fingerprint density at radius 3 is 2.67 bits per heavy atom. The molecule has 18 heavy (non-hydrogen) atoms. The maximum atomic E-state index is 5.94. The van der Waals surface area contributed by atoms with E-state index in [1.54, 1.807) is 11.3 Å². The fourth-order valence-corrected chi connectivity index (χ4v) is 2.93. The molecule has 0 bridgehead atoms. The van der Waals surface area contributed by atoms with Crippen LogP contribution < -0.4 is 11.1 Å². The maximum Gasteiger partial charge on any atom is 0.106 e. The molecule has 0 amide bonds. The molecule has 1 atom stereocenters. The van der Waals surface area contributed by atoms with Crippen LogP contribution in [0.3, 0.4) is 0 Å². The molecule has 0 aliphatic heterocycles. The second-order valence-electron chi connectivity index (χ2n) is 3.92. The summed E-state index contributed by atoms with van der Waals surface area (Å²) in [6.07, 6.45) is 0. The van der Waals surface area contributed by atoms with Crippen molar-refractivity contribution in [2.75, 3.05) is 5.32 Å². The Morgan fingerprint density at radius 2 is 2.06 bits per heavy atom. The van der Waals surface area contributed by atoms with E-state index in [1.165, 1.54) is 4.88 Å². The Bertz CT molecular complexity index is 566. The molecule has 0 saturated heterocycles. The van der Waals surface area contributed by atoms with Gasteiger partial charge in [0.15, 0.2) is 0 Å². The van der Waals surface area contributed by atoms with Crippen LogP contribution in [0.25, 0.3) is 0 Å². The van der Waals surface area contributed by atoms with Crippen molar-refractivity contribution in [1.82, 2.24) is 0 Å². The van der Waals surface area contributed by atoms with E-state index >= 15 is 0 Å². The molecule has 2 nitrogen and oxygen atoms in total. The highest BCUT2D eigenvalue weighted by Gasteiger charge is 2.11. The molecule has 0 aliphatic carbocycles. The molecule has 2 rings (SSSR count). The predicted octanol–water partition coefficient (Wildman–Crippen LogP) is 4.21. The second kappa shape index (κ2) is 5.69. The lowest BCUT2D eigenvalue weighted by Gasteiger charge is -2.16. The maximum absolute atomic E-state index is 5.94. The van der Waals surface area contributed by atoms with Crippen molar-refractivity contribution < 1.29 is 0 Å². The van der Waals surface area contributed by atoms with Gasteiger partial charge in [-0.3, -0.25) is 0 Å². The highest BCUT2D eigenvalue weighted by molar-refractivity contribution is 7.80. The van der Waals surface area contributed by atoms with Gasteiger partial charge in [0.05, 0.1) is 10.4 Å². The number of anilines is 1. The third-order valence-corrected chi connectivity index (χ3v) is 4.22.